The molecule has 1 heterocycles. The number of carbonyl (C=O) groups excluding carboxylic acids is 1. The third-order valence-electron chi connectivity index (χ3n) is 4.15. The number of ether oxygens (including phenoxy) is 1. The van der Waals surface area contributed by atoms with E-state index in [2.05, 4.69) is 5.16 Å². The second-order valence-corrected chi connectivity index (χ2v) is 6.66. The van der Waals surface area contributed by atoms with Crippen molar-refractivity contribution in [3.63, 3.8) is 0 Å². The van der Waals surface area contributed by atoms with Gasteiger partial charge in [0.05, 0.1) is 11.5 Å². The fourth-order valence-corrected chi connectivity index (χ4v) is 3.15. The predicted octanol–water partition coefficient (Wildman–Crippen LogP) is 3.54. The Morgan fingerprint density at radius 3 is 2.52 bits per heavy atom. The maximum absolute atomic E-state index is 12.5. The molecule has 4 heteroatoms. The molecular weight excluding hydrogens is 266 g/mol. The fourth-order valence-electron chi connectivity index (χ4n) is 3.15. The van der Waals surface area contributed by atoms with Crippen molar-refractivity contribution in [1.29, 1.82) is 0 Å². The Hall–Kier alpha value is -2.10. The zero-order valence-corrected chi connectivity index (χ0v) is 12.5. The molecule has 0 radical (unpaired) electrons. The maximum atomic E-state index is 12.5. The van der Waals surface area contributed by atoms with Gasteiger partial charge in [-0.2, -0.15) is 0 Å². The highest BCUT2D eigenvalue weighted by Crippen LogP contribution is 2.46. The van der Waals surface area contributed by atoms with Gasteiger partial charge in [0.15, 0.2) is 5.78 Å². The van der Waals surface area contributed by atoms with E-state index in [1.54, 1.807) is 0 Å². The molecule has 0 fully saturated rings. The summed E-state index contributed by atoms with van der Waals surface area (Å²) in [6, 6.07) is 7.88. The van der Waals surface area contributed by atoms with Crippen molar-refractivity contribution in [2.24, 2.45) is 10.6 Å². The van der Waals surface area contributed by atoms with Gasteiger partial charge in [-0.3, -0.25) is 4.79 Å². The van der Waals surface area contributed by atoms with Crippen molar-refractivity contribution in [3.8, 4) is 0 Å². The molecule has 3 rings (SSSR count). The van der Waals surface area contributed by atoms with Crippen molar-refractivity contribution >= 4 is 11.7 Å². The normalized spacial score (nSPS) is 26.0. The van der Waals surface area contributed by atoms with Crippen LogP contribution in [0.2, 0.25) is 0 Å². The number of allylic oxidation sites excluding steroid dienone is 1. The van der Waals surface area contributed by atoms with Gasteiger partial charge in [0, 0.05) is 12.8 Å². The Morgan fingerprint density at radius 2 is 1.90 bits per heavy atom. The molecule has 1 aromatic rings. The summed E-state index contributed by atoms with van der Waals surface area (Å²) in [5.74, 6) is 0.573. The van der Waals surface area contributed by atoms with E-state index in [0.29, 0.717) is 24.2 Å². The first-order chi connectivity index (χ1) is 9.91. The molecule has 0 bridgehead atoms. The Balaban J connectivity index is 2.08. The number of oxime groups is 1. The maximum Gasteiger partial charge on any atom is 0.242 e. The summed E-state index contributed by atoms with van der Waals surface area (Å²) in [6.07, 6.45) is 1.19. The first-order valence-corrected chi connectivity index (χ1v) is 7.14. The summed E-state index contributed by atoms with van der Waals surface area (Å²) >= 11 is 0. The van der Waals surface area contributed by atoms with Crippen LogP contribution in [0.5, 0.6) is 0 Å². The molecule has 1 aromatic carbocycles. The molecule has 2 aliphatic rings. The highest BCUT2D eigenvalue weighted by atomic mass is 16.5. The fraction of sp³-hybridized carbons (Fsp3) is 0.412. The third kappa shape index (κ3) is 2.35. The minimum Gasteiger partial charge on any atom is -0.443 e. The van der Waals surface area contributed by atoms with Crippen LogP contribution in [0.3, 0.4) is 0 Å². The third-order valence-corrected chi connectivity index (χ3v) is 4.15. The standard InChI is InChI=1S/C17H19NO3/c1-10-4-6-11(7-5-10)14-15-12(19)8-17(2,3)9-13(15)21-16(14)18-20/h4-7,14,20H,8-9H2,1-3H3/b18-16+. The molecule has 0 saturated carbocycles. The van der Waals surface area contributed by atoms with Crippen molar-refractivity contribution < 1.29 is 14.7 Å². The van der Waals surface area contributed by atoms with Crippen molar-refractivity contribution in [2.75, 3.05) is 0 Å². The van der Waals surface area contributed by atoms with E-state index in [1.165, 1.54) is 0 Å². The molecule has 0 amide bonds. The largest absolute Gasteiger partial charge is 0.443 e. The smallest absolute Gasteiger partial charge is 0.242 e. The SMILES string of the molecule is Cc1ccc(C2C3=C(CC(C)(C)CC3=O)O/C2=N/O)cc1. The van der Waals surface area contributed by atoms with Crippen LogP contribution < -0.4 is 0 Å². The van der Waals surface area contributed by atoms with E-state index in [0.717, 1.165) is 11.1 Å². The van der Waals surface area contributed by atoms with Crippen molar-refractivity contribution in [3.05, 3.63) is 46.7 Å². The lowest BCUT2D eigenvalue weighted by atomic mass is 9.73. The highest BCUT2D eigenvalue weighted by Gasteiger charge is 2.45. The number of benzene rings is 1. The highest BCUT2D eigenvalue weighted by molar-refractivity contribution is 6.08. The minimum absolute atomic E-state index is 0.0884. The summed E-state index contributed by atoms with van der Waals surface area (Å²) in [7, 11) is 0. The molecule has 1 aliphatic heterocycles. The number of rotatable bonds is 1. The lowest BCUT2D eigenvalue weighted by molar-refractivity contribution is -0.118. The Kier molecular flexibility index (Phi) is 3.12. The first-order valence-electron chi connectivity index (χ1n) is 7.14. The molecule has 1 aliphatic carbocycles. The van der Waals surface area contributed by atoms with Crippen LogP contribution in [0.15, 0.2) is 40.8 Å². The zero-order valence-electron chi connectivity index (χ0n) is 12.5. The Bertz CT molecular complexity index is 653. The number of hydrogen-bond donors (Lipinski definition) is 1. The summed E-state index contributed by atoms with van der Waals surface area (Å²) in [6.45, 7) is 6.11. The number of hydrogen-bond acceptors (Lipinski definition) is 4. The monoisotopic (exact) mass is 285 g/mol. The van der Waals surface area contributed by atoms with E-state index < -0.39 is 0 Å². The summed E-state index contributed by atoms with van der Waals surface area (Å²) in [4.78, 5) is 12.5. The van der Waals surface area contributed by atoms with Gasteiger partial charge in [-0.15, -0.1) is 0 Å². The molecule has 1 unspecified atom stereocenters. The quantitative estimate of drug-likeness (QED) is 0.634. The van der Waals surface area contributed by atoms with Gasteiger partial charge >= 0.3 is 0 Å². The average Bonchev–Trinajstić information content (AvgIpc) is 2.76. The van der Waals surface area contributed by atoms with Crippen LogP contribution in [0.25, 0.3) is 0 Å². The molecule has 21 heavy (non-hydrogen) atoms. The molecule has 0 aromatic heterocycles. The van der Waals surface area contributed by atoms with Crippen LogP contribution in [-0.2, 0) is 9.53 Å². The molecule has 1 N–H and O–H groups in total. The lowest BCUT2D eigenvalue weighted by Gasteiger charge is -2.28. The summed E-state index contributed by atoms with van der Waals surface area (Å²) in [5.41, 5.74) is 2.61. The van der Waals surface area contributed by atoms with Crippen LogP contribution in [0, 0.1) is 12.3 Å². The predicted molar refractivity (Wildman–Crippen MR) is 79.3 cm³/mol. The number of carbonyl (C=O) groups is 1. The van der Waals surface area contributed by atoms with Crippen LogP contribution in [0.4, 0.5) is 0 Å². The van der Waals surface area contributed by atoms with Gasteiger partial charge in [-0.1, -0.05) is 48.8 Å². The van der Waals surface area contributed by atoms with Crippen LogP contribution in [0.1, 0.15) is 43.7 Å². The molecule has 0 spiro atoms. The second kappa shape index (κ2) is 4.72. The van der Waals surface area contributed by atoms with E-state index >= 15 is 0 Å². The lowest BCUT2D eigenvalue weighted by Crippen LogP contribution is -2.26. The van der Waals surface area contributed by atoms with Gasteiger partial charge in [-0.05, 0) is 17.9 Å². The van der Waals surface area contributed by atoms with Gasteiger partial charge < -0.3 is 9.94 Å². The van der Waals surface area contributed by atoms with Crippen LogP contribution in [-0.4, -0.2) is 16.9 Å². The number of nitrogens with zero attached hydrogens (tertiary/aromatic N) is 1. The van der Waals surface area contributed by atoms with Crippen LogP contribution >= 0.6 is 0 Å². The number of aryl methyl sites for hydroxylation is 1. The number of ketones is 1. The van der Waals surface area contributed by atoms with Gasteiger partial charge in [0.1, 0.15) is 5.76 Å². The molecule has 110 valence electrons. The van der Waals surface area contributed by atoms with Crippen molar-refractivity contribution in [1.82, 2.24) is 0 Å². The first kappa shape index (κ1) is 13.9. The van der Waals surface area contributed by atoms with E-state index in [-0.39, 0.29) is 23.0 Å². The van der Waals surface area contributed by atoms with Gasteiger partial charge in [0.25, 0.3) is 0 Å². The van der Waals surface area contributed by atoms with E-state index in [4.69, 9.17) is 4.74 Å². The Labute approximate surface area is 124 Å². The second-order valence-electron chi connectivity index (χ2n) is 6.66. The average molecular weight is 285 g/mol. The van der Waals surface area contributed by atoms with E-state index in [1.807, 2.05) is 45.0 Å². The number of Topliss-reactive ketones (excluding diaryl/α,β-unsaturated/α-hetero) is 1. The zero-order chi connectivity index (χ0) is 15.2. The topological polar surface area (TPSA) is 58.9 Å². The van der Waals surface area contributed by atoms with Crippen molar-refractivity contribution in [2.45, 2.75) is 39.5 Å². The summed E-state index contributed by atoms with van der Waals surface area (Å²) in [5, 5.41) is 12.5. The molecular formula is C17H19NO3. The molecule has 1 atom stereocenters. The summed E-state index contributed by atoms with van der Waals surface area (Å²) < 4.78 is 5.68. The van der Waals surface area contributed by atoms with Gasteiger partial charge in [-0.25, -0.2) is 0 Å². The molecule has 4 nitrogen and oxygen atoms in total. The molecule has 0 saturated heterocycles. The van der Waals surface area contributed by atoms with E-state index in [9.17, 15) is 10.0 Å². The van der Waals surface area contributed by atoms with Gasteiger partial charge in [0.2, 0.25) is 5.90 Å². The minimum atomic E-state index is -0.380. The Morgan fingerprint density at radius 1 is 1.24 bits per heavy atom.